The predicted octanol–water partition coefficient (Wildman–Crippen LogP) is 4.03. The molecule has 3 aromatic rings. The summed E-state index contributed by atoms with van der Waals surface area (Å²) in [4.78, 5) is 33.7. The van der Waals surface area contributed by atoms with Crippen LogP contribution in [0.5, 0.6) is 5.75 Å². The number of hydrogen-bond acceptors (Lipinski definition) is 8. The van der Waals surface area contributed by atoms with Crippen LogP contribution < -0.4 is 15.4 Å². The van der Waals surface area contributed by atoms with Crippen molar-refractivity contribution >= 4 is 51.6 Å². The molecular weight excluding hydrogens is 458 g/mol. The average Bonchev–Trinajstić information content (AvgIpc) is 2.81. The van der Waals surface area contributed by atoms with E-state index in [1.165, 1.54) is 24.4 Å². The molecule has 0 fully saturated rings. The fraction of sp³-hybridized carbons (Fsp3) is 0.250. The normalized spacial score (nSPS) is 10.8. The van der Waals surface area contributed by atoms with E-state index >= 15 is 0 Å². The van der Waals surface area contributed by atoms with Crippen LogP contribution in [-0.4, -0.2) is 60.6 Å². The van der Waals surface area contributed by atoms with Crippen LogP contribution in [0.25, 0.3) is 10.9 Å². The van der Waals surface area contributed by atoms with Crippen molar-refractivity contribution in [3.63, 3.8) is 0 Å². The molecule has 0 saturated heterocycles. The van der Waals surface area contributed by atoms with Gasteiger partial charge in [-0.05, 0) is 31.2 Å². The van der Waals surface area contributed by atoms with Gasteiger partial charge in [-0.25, -0.2) is 9.97 Å². The molecule has 1 amide bonds. The quantitative estimate of drug-likeness (QED) is 0.329. The molecule has 2 N–H and O–H groups in total. The van der Waals surface area contributed by atoms with Gasteiger partial charge in [0.2, 0.25) is 5.91 Å². The Kier molecular flexibility index (Phi) is 8.64. The number of hydrogen-bond donors (Lipinski definition) is 2. The minimum Gasteiger partial charge on any atom is -0.495 e. The molecule has 2 aromatic carbocycles. The molecule has 1 heterocycles. The Morgan fingerprint density at radius 3 is 2.76 bits per heavy atom. The zero-order valence-electron chi connectivity index (χ0n) is 19.2. The van der Waals surface area contributed by atoms with Crippen molar-refractivity contribution in [2.75, 3.05) is 44.5 Å². The highest BCUT2D eigenvalue weighted by molar-refractivity contribution is 6.30. The van der Waals surface area contributed by atoms with Crippen LogP contribution in [0.4, 0.5) is 17.2 Å². The third-order valence-corrected chi connectivity index (χ3v) is 5.00. The van der Waals surface area contributed by atoms with Crippen molar-refractivity contribution in [3.8, 4) is 5.75 Å². The number of ether oxygens (including phenoxy) is 2. The van der Waals surface area contributed by atoms with E-state index in [0.29, 0.717) is 34.3 Å². The highest BCUT2D eigenvalue weighted by Gasteiger charge is 2.12. The summed E-state index contributed by atoms with van der Waals surface area (Å²) in [6.45, 7) is 2.24. The molecule has 0 aliphatic rings. The van der Waals surface area contributed by atoms with Crippen LogP contribution in [0.15, 0.2) is 54.9 Å². The summed E-state index contributed by atoms with van der Waals surface area (Å²) in [5.41, 5.74) is 2.20. The fourth-order valence-corrected chi connectivity index (χ4v) is 3.32. The zero-order chi connectivity index (χ0) is 24.5. The molecule has 0 saturated carbocycles. The molecule has 10 heteroatoms. The largest absolute Gasteiger partial charge is 0.495 e. The van der Waals surface area contributed by atoms with Gasteiger partial charge in [0.15, 0.2) is 0 Å². The van der Waals surface area contributed by atoms with Crippen molar-refractivity contribution in [1.82, 2.24) is 14.9 Å². The Hall–Kier alpha value is -3.85. The number of likely N-dealkylation sites (N-methyl/N-ethyl adjacent to an activating group) is 1. The number of fused-ring (bicyclic) bond motifs is 1. The summed E-state index contributed by atoms with van der Waals surface area (Å²) >= 11 is 6.09. The van der Waals surface area contributed by atoms with Crippen molar-refractivity contribution in [3.05, 3.63) is 59.9 Å². The SMILES string of the molecule is CCOC(=O)CN(C)C(=O)C=CCNc1cc2c(Nc3cccc(Cl)c3)ncnc2cc1OC. The Labute approximate surface area is 202 Å². The molecule has 0 bridgehead atoms. The van der Waals surface area contributed by atoms with Crippen LogP contribution >= 0.6 is 11.6 Å². The minimum atomic E-state index is -0.449. The lowest BCUT2D eigenvalue weighted by atomic mass is 10.2. The van der Waals surface area contributed by atoms with E-state index in [4.69, 9.17) is 21.1 Å². The van der Waals surface area contributed by atoms with Crippen LogP contribution in [0.3, 0.4) is 0 Å². The maximum Gasteiger partial charge on any atom is 0.325 e. The lowest BCUT2D eigenvalue weighted by molar-refractivity contribution is -0.147. The van der Waals surface area contributed by atoms with Gasteiger partial charge >= 0.3 is 5.97 Å². The van der Waals surface area contributed by atoms with Gasteiger partial charge in [0.1, 0.15) is 24.4 Å². The highest BCUT2D eigenvalue weighted by atomic mass is 35.5. The number of anilines is 3. The van der Waals surface area contributed by atoms with Crippen molar-refractivity contribution in [1.29, 1.82) is 0 Å². The van der Waals surface area contributed by atoms with Gasteiger partial charge in [-0.2, -0.15) is 0 Å². The fourth-order valence-electron chi connectivity index (χ4n) is 3.13. The number of rotatable bonds is 10. The maximum absolute atomic E-state index is 12.2. The maximum atomic E-state index is 12.2. The van der Waals surface area contributed by atoms with Crippen LogP contribution in [0.2, 0.25) is 5.02 Å². The molecular formula is C24H26ClN5O4. The van der Waals surface area contributed by atoms with E-state index in [1.807, 2.05) is 24.3 Å². The summed E-state index contributed by atoms with van der Waals surface area (Å²) in [7, 11) is 3.11. The predicted molar refractivity (Wildman–Crippen MR) is 133 cm³/mol. The minimum absolute atomic E-state index is 0.106. The number of amides is 1. The standard InChI is InChI=1S/C24H26ClN5O4/c1-4-34-23(32)14-30(2)22(31)9-6-10-26-20-12-18-19(13-21(20)33-3)27-15-28-24(18)29-17-8-5-7-16(25)11-17/h5-9,11-13,15,26H,4,10,14H2,1-3H3,(H,27,28,29). The van der Waals surface area contributed by atoms with Gasteiger partial charge in [-0.15, -0.1) is 0 Å². The topological polar surface area (TPSA) is 106 Å². The molecule has 1 aromatic heterocycles. The van der Waals surface area contributed by atoms with Crippen molar-refractivity contribution in [2.45, 2.75) is 6.92 Å². The van der Waals surface area contributed by atoms with E-state index < -0.39 is 5.97 Å². The lowest BCUT2D eigenvalue weighted by Gasteiger charge is -2.14. The molecule has 0 aliphatic carbocycles. The van der Waals surface area contributed by atoms with Gasteiger partial charge < -0.3 is 25.0 Å². The molecule has 0 unspecified atom stereocenters. The number of nitrogens with one attached hydrogen (secondary N) is 2. The molecule has 0 spiro atoms. The summed E-state index contributed by atoms with van der Waals surface area (Å²) in [5, 5.41) is 7.89. The van der Waals surface area contributed by atoms with E-state index in [0.717, 1.165) is 11.1 Å². The number of carbonyl (C=O) groups is 2. The molecule has 9 nitrogen and oxygen atoms in total. The van der Waals surface area contributed by atoms with E-state index in [2.05, 4.69) is 20.6 Å². The number of methoxy groups -OCH3 is 1. The zero-order valence-corrected chi connectivity index (χ0v) is 19.9. The summed E-state index contributed by atoms with van der Waals surface area (Å²) in [5.74, 6) is 0.459. The molecule has 0 radical (unpaired) electrons. The van der Waals surface area contributed by atoms with E-state index in [9.17, 15) is 9.59 Å². The molecule has 178 valence electrons. The Morgan fingerprint density at radius 2 is 2.03 bits per heavy atom. The van der Waals surface area contributed by atoms with E-state index in [1.54, 1.807) is 32.2 Å². The van der Waals surface area contributed by atoms with Crippen LogP contribution in [0.1, 0.15) is 6.92 Å². The molecule has 3 rings (SSSR count). The smallest absolute Gasteiger partial charge is 0.325 e. The van der Waals surface area contributed by atoms with Gasteiger partial charge in [-0.1, -0.05) is 23.7 Å². The molecule has 0 aliphatic heterocycles. The third kappa shape index (κ3) is 6.58. The second-order valence-electron chi connectivity index (χ2n) is 7.21. The first kappa shape index (κ1) is 24.8. The summed E-state index contributed by atoms with van der Waals surface area (Å²) < 4.78 is 10.4. The Balaban J connectivity index is 1.73. The van der Waals surface area contributed by atoms with Gasteiger partial charge in [0.25, 0.3) is 0 Å². The molecule has 0 atom stereocenters. The van der Waals surface area contributed by atoms with E-state index in [-0.39, 0.29) is 19.1 Å². The second-order valence-corrected chi connectivity index (χ2v) is 7.65. The summed E-state index contributed by atoms with van der Waals surface area (Å²) in [6, 6.07) is 11.0. The third-order valence-electron chi connectivity index (χ3n) is 4.76. The first-order valence-corrected chi connectivity index (χ1v) is 11.0. The van der Waals surface area contributed by atoms with Crippen molar-refractivity contribution in [2.24, 2.45) is 0 Å². The van der Waals surface area contributed by atoms with Gasteiger partial charge in [0, 0.05) is 41.8 Å². The first-order chi connectivity index (χ1) is 16.4. The second kappa shape index (κ2) is 11.9. The number of carbonyl (C=O) groups excluding carboxylic acids is 2. The number of aromatic nitrogens is 2. The summed E-state index contributed by atoms with van der Waals surface area (Å²) in [6.07, 6.45) is 4.54. The highest BCUT2D eigenvalue weighted by Crippen LogP contribution is 2.33. The number of halogens is 1. The first-order valence-electron chi connectivity index (χ1n) is 10.6. The van der Waals surface area contributed by atoms with Gasteiger partial charge in [-0.3, -0.25) is 9.59 Å². The van der Waals surface area contributed by atoms with Crippen LogP contribution in [-0.2, 0) is 14.3 Å². The van der Waals surface area contributed by atoms with Crippen molar-refractivity contribution < 1.29 is 19.1 Å². The van der Waals surface area contributed by atoms with Crippen LogP contribution in [0, 0.1) is 0 Å². The van der Waals surface area contributed by atoms with Gasteiger partial charge in [0.05, 0.1) is 24.9 Å². The Morgan fingerprint density at radius 1 is 1.21 bits per heavy atom. The number of esters is 1. The molecule has 34 heavy (non-hydrogen) atoms. The number of nitrogens with zero attached hydrogens (tertiary/aromatic N) is 3. The Bertz CT molecular complexity index is 1200. The monoisotopic (exact) mass is 483 g/mol. The number of benzene rings is 2. The average molecular weight is 484 g/mol. The lowest BCUT2D eigenvalue weighted by Crippen LogP contribution is -2.31.